The van der Waals surface area contributed by atoms with Crippen molar-refractivity contribution < 1.29 is 24.2 Å². The molecular formula is C34H31N3O5. The summed E-state index contributed by atoms with van der Waals surface area (Å²) < 4.78 is 15.1. The van der Waals surface area contributed by atoms with Crippen LogP contribution in [0.25, 0.3) is 11.0 Å². The number of aliphatic hydroxyl groups excluding tert-OH is 1. The third-order valence-corrected chi connectivity index (χ3v) is 7.49. The lowest BCUT2D eigenvalue weighted by atomic mass is 9.99. The Labute approximate surface area is 243 Å². The topological polar surface area (TPSA) is 103 Å². The molecule has 2 N–H and O–H groups in total. The number of fused-ring (bicyclic) bond motifs is 1. The van der Waals surface area contributed by atoms with Crippen molar-refractivity contribution in [2.75, 3.05) is 5.32 Å². The van der Waals surface area contributed by atoms with E-state index in [1.54, 1.807) is 42.5 Å². The number of anilines is 1. The van der Waals surface area contributed by atoms with Gasteiger partial charge in [-0.15, -0.1) is 0 Å². The number of carbonyl (C=O) groups is 2. The summed E-state index contributed by atoms with van der Waals surface area (Å²) in [6.07, 6.45) is 1.28. The first-order valence-corrected chi connectivity index (χ1v) is 13.9. The summed E-state index contributed by atoms with van der Waals surface area (Å²) in [4.78, 5) is 29.5. The van der Waals surface area contributed by atoms with Gasteiger partial charge >= 0.3 is 0 Å². The Morgan fingerprint density at radius 2 is 1.69 bits per heavy atom. The maximum atomic E-state index is 13.2. The molecule has 212 valence electrons. The number of ether oxygens (including phenoxy) is 2. The van der Waals surface area contributed by atoms with Gasteiger partial charge in [0, 0.05) is 28.8 Å². The molecule has 0 bridgehead atoms. The molecule has 1 fully saturated rings. The summed E-state index contributed by atoms with van der Waals surface area (Å²) in [6.45, 7) is 2.05. The molecule has 5 aromatic rings. The second-order valence-electron chi connectivity index (χ2n) is 10.5. The smallest absolute Gasteiger partial charge is 0.255 e. The van der Waals surface area contributed by atoms with E-state index in [1.807, 2.05) is 60.9 Å². The number of aromatic nitrogens is 2. The molecule has 1 amide bonds. The fraction of sp³-hybridized carbons (Fsp3) is 0.206. The van der Waals surface area contributed by atoms with Gasteiger partial charge in [0.2, 0.25) is 0 Å². The largest absolute Gasteiger partial charge is 0.392 e. The fourth-order valence-corrected chi connectivity index (χ4v) is 5.25. The highest BCUT2D eigenvalue weighted by atomic mass is 16.7. The Balaban J connectivity index is 1.26. The van der Waals surface area contributed by atoms with Crippen molar-refractivity contribution in [3.8, 4) is 0 Å². The van der Waals surface area contributed by atoms with Gasteiger partial charge in [0.05, 0.1) is 42.7 Å². The van der Waals surface area contributed by atoms with Crippen molar-refractivity contribution in [3.63, 3.8) is 0 Å². The van der Waals surface area contributed by atoms with Crippen LogP contribution in [0.2, 0.25) is 0 Å². The minimum atomic E-state index is -0.713. The first kappa shape index (κ1) is 27.5. The number of benzene rings is 4. The van der Waals surface area contributed by atoms with E-state index in [0.29, 0.717) is 29.8 Å². The molecule has 2 heterocycles. The molecule has 1 aromatic heterocycles. The van der Waals surface area contributed by atoms with Crippen molar-refractivity contribution >= 4 is 28.4 Å². The van der Waals surface area contributed by atoms with Gasteiger partial charge in [-0.1, -0.05) is 60.7 Å². The summed E-state index contributed by atoms with van der Waals surface area (Å²) in [6, 6.07) is 29.8. The maximum absolute atomic E-state index is 13.2. The van der Waals surface area contributed by atoms with Gasteiger partial charge < -0.3 is 24.5 Å². The van der Waals surface area contributed by atoms with E-state index in [9.17, 15) is 14.7 Å². The van der Waals surface area contributed by atoms with Crippen LogP contribution in [0, 0.1) is 0 Å². The van der Waals surface area contributed by atoms with Gasteiger partial charge in [0.25, 0.3) is 5.91 Å². The molecule has 3 atom stereocenters. The number of rotatable bonds is 8. The van der Waals surface area contributed by atoms with E-state index in [-0.39, 0.29) is 30.5 Å². The number of para-hydroxylation sites is 2. The number of nitrogens with one attached hydrogen (secondary N) is 1. The monoisotopic (exact) mass is 561 g/mol. The van der Waals surface area contributed by atoms with Crippen LogP contribution >= 0.6 is 0 Å². The van der Waals surface area contributed by atoms with Gasteiger partial charge in [-0.25, -0.2) is 4.98 Å². The number of amides is 1. The molecule has 0 spiro atoms. The molecule has 6 rings (SSSR count). The predicted molar refractivity (Wildman–Crippen MR) is 159 cm³/mol. The molecule has 0 radical (unpaired) electrons. The van der Waals surface area contributed by atoms with Crippen molar-refractivity contribution in [3.05, 3.63) is 131 Å². The van der Waals surface area contributed by atoms with Gasteiger partial charge in [0.1, 0.15) is 0 Å². The molecule has 1 aliphatic heterocycles. The number of hydrogen-bond donors (Lipinski definition) is 2. The van der Waals surface area contributed by atoms with E-state index in [0.717, 1.165) is 27.7 Å². The molecule has 4 aromatic carbocycles. The highest BCUT2D eigenvalue weighted by Crippen LogP contribution is 2.39. The first-order valence-electron chi connectivity index (χ1n) is 13.9. The molecular weight excluding hydrogens is 530 g/mol. The second-order valence-corrected chi connectivity index (χ2v) is 10.5. The third-order valence-electron chi connectivity index (χ3n) is 7.49. The average molecular weight is 562 g/mol. The molecule has 1 saturated heterocycles. The quantitative estimate of drug-likeness (QED) is 0.218. The summed E-state index contributed by atoms with van der Waals surface area (Å²) in [5.74, 6) is -0.371. The van der Waals surface area contributed by atoms with Crippen LogP contribution in [-0.4, -0.2) is 32.5 Å². The Morgan fingerprint density at radius 1 is 0.905 bits per heavy atom. The minimum absolute atomic E-state index is 0.0260. The Kier molecular flexibility index (Phi) is 7.92. The zero-order valence-corrected chi connectivity index (χ0v) is 23.1. The molecule has 1 aliphatic rings. The lowest BCUT2D eigenvalue weighted by Gasteiger charge is -2.36. The van der Waals surface area contributed by atoms with E-state index < -0.39 is 6.29 Å². The molecule has 8 nitrogen and oxygen atoms in total. The van der Waals surface area contributed by atoms with Crippen molar-refractivity contribution in [2.45, 2.75) is 45.0 Å². The Morgan fingerprint density at radius 3 is 2.50 bits per heavy atom. The van der Waals surface area contributed by atoms with Gasteiger partial charge in [-0.2, -0.15) is 0 Å². The summed E-state index contributed by atoms with van der Waals surface area (Å²) in [5.41, 5.74) is 6.00. The van der Waals surface area contributed by atoms with Crippen LogP contribution in [0.4, 0.5) is 5.69 Å². The van der Waals surface area contributed by atoms with Crippen LogP contribution in [0.1, 0.15) is 63.1 Å². The first-order chi connectivity index (χ1) is 20.5. The van der Waals surface area contributed by atoms with Crippen molar-refractivity contribution in [2.24, 2.45) is 0 Å². The maximum Gasteiger partial charge on any atom is 0.255 e. The molecule has 0 aliphatic carbocycles. The van der Waals surface area contributed by atoms with Crippen molar-refractivity contribution in [1.82, 2.24) is 9.55 Å². The van der Waals surface area contributed by atoms with Crippen LogP contribution in [0.3, 0.4) is 0 Å². The summed E-state index contributed by atoms with van der Waals surface area (Å²) in [5, 5.41) is 12.4. The van der Waals surface area contributed by atoms with Crippen LogP contribution < -0.4 is 5.32 Å². The summed E-state index contributed by atoms with van der Waals surface area (Å²) in [7, 11) is 0. The third kappa shape index (κ3) is 6.01. The van der Waals surface area contributed by atoms with E-state index in [2.05, 4.69) is 14.9 Å². The van der Waals surface area contributed by atoms with E-state index >= 15 is 0 Å². The van der Waals surface area contributed by atoms with Gasteiger partial charge in [0.15, 0.2) is 12.1 Å². The molecule has 42 heavy (non-hydrogen) atoms. The number of imidazole rings is 1. The van der Waals surface area contributed by atoms with Gasteiger partial charge in [-0.3, -0.25) is 9.59 Å². The van der Waals surface area contributed by atoms with Crippen LogP contribution in [0.5, 0.6) is 0 Å². The highest BCUT2D eigenvalue weighted by molar-refractivity contribution is 6.05. The Hall–Kier alpha value is -4.63. The molecule has 0 saturated carbocycles. The standard InChI is InChI=1S/C34H31N3O5/c1-22(39)25-6-5-9-28(17-25)36-33(40)26-7-4-8-27(16-26)34-41-29(19-37-21-35-30-10-2-3-11-31(30)37)18-32(42-34)24-14-12-23(20-38)13-15-24/h2-17,21,29,32,34,38H,18-20H2,1H3,(H,36,40)/t29-,32+,34?/m0/s1. The Bertz CT molecular complexity index is 1730. The van der Waals surface area contributed by atoms with Crippen molar-refractivity contribution in [1.29, 1.82) is 0 Å². The minimum Gasteiger partial charge on any atom is -0.392 e. The fourth-order valence-electron chi connectivity index (χ4n) is 5.25. The SMILES string of the molecule is CC(=O)c1cccc(NC(=O)c2cccc(C3O[C@H](Cn4cnc5ccccc54)C[C@H](c4ccc(CO)cc4)O3)c2)c1. The number of aliphatic hydroxyl groups is 1. The number of nitrogens with zero attached hydrogens (tertiary/aromatic N) is 2. The number of ketones is 1. The van der Waals surface area contributed by atoms with Crippen LogP contribution in [0.15, 0.2) is 103 Å². The van der Waals surface area contributed by atoms with Gasteiger partial charge in [-0.05, 0) is 54.4 Å². The zero-order chi connectivity index (χ0) is 29.1. The zero-order valence-electron chi connectivity index (χ0n) is 23.1. The van der Waals surface area contributed by atoms with E-state index in [4.69, 9.17) is 9.47 Å². The second kappa shape index (κ2) is 12.1. The average Bonchev–Trinajstić information content (AvgIpc) is 3.43. The van der Waals surface area contributed by atoms with Crippen LogP contribution in [-0.2, 0) is 22.6 Å². The number of hydrogen-bond acceptors (Lipinski definition) is 6. The number of carbonyl (C=O) groups excluding carboxylic acids is 2. The number of Topliss-reactive ketones (excluding diaryl/α,β-unsaturated/α-hetero) is 1. The molecule has 8 heteroatoms. The lowest BCUT2D eigenvalue weighted by Crippen LogP contribution is -2.32. The van der Waals surface area contributed by atoms with E-state index in [1.165, 1.54) is 6.92 Å². The lowest BCUT2D eigenvalue weighted by molar-refractivity contribution is -0.252. The normalized spacial score (nSPS) is 18.6. The summed E-state index contributed by atoms with van der Waals surface area (Å²) >= 11 is 0. The molecule has 1 unspecified atom stereocenters. The predicted octanol–water partition coefficient (Wildman–Crippen LogP) is 6.23. The highest BCUT2D eigenvalue weighted by Gasteiger charge is 2.33.